The fourth-order valence-corrected chi connectivity index (χ4v) is 3.80. The van der Waals surface area contributed by atoms with Crippen LogP contribution in [0.2, 0.25) is 0 Å². The first kappa shape index (κ1) is 17.3. The molecule has 0 radical (unpaired) electrons. The second-order valence-electron chi connectivity index (χ2n) is 4.79. The smallest absolute Gasteiger partial charge is 0.266 e. The van der Waals surface area contributed by atoms with Crippen LogP contribution < -0.4 is 5.43 Å². The molecule has 1 N–H and O–H groups in total. The summed E-state index contributed by atoms with van der Waals surface area (Å²) in [5.41, 5.74) is 2.90. The van der Waals surface area contributed by atoms with Crippen molar-refractivity contribution in [3.63, 3.8) is 0 Å². The highest BCUT2D eigenvalue weighted by atomic mass is 32.2. The van der Waals surface area contributed by atoms with E-state index < -0.39 is 16.7 Å². The summed E-state index contributed by atoms with van der Waals surface area (Å²) in [4.78, 5) is 35.6. The van der Waals surface area contributed by atoms with Crippen molar-refractivity contribution in [2.45, 2.75) is 0 Å². The van der Waals surface area contributed by atoms with Crippen LogP contribution >= 0.6 is 35.3 Å². The van der Waals surface area contributed by atoms with E-state index in [0.29, 0.717) is 10.4 Å². The average molecular weight is 391 g/mol. The van der Waals surface area contributed by atoms with E-state index >= 15 is 0 Å². The number of benzene rings is 1. The number of hydrogen-bond donors (Lipinski definition) is 1. The van der Waals surface area contributed by atoms with Gasteiger partial charge in [-0.1, -0.05) is 30.0 Å². The molecule has 0 aliphatic carbocycles. The predicted molar refractivity (Wildman–Crippen MR) is 99.9 cm³/mol. The summed E-state index contributed by atoms with van der Waals surface area (Å²) in [5.74, 6) is -0.908. The highest BCUT2D eigenvalue weighted by molar-refractivity contribution is 8.26. The number of hydrogen-bond acceptors (Lipinski definition) is 7. The van der Waals surface area contributed by atoms with Crippen LogP contribution in [0.4, 0.5) is 5.69 Å². The number of thiophene rings is 1. The fraction of sp³-hybridized carbons (Fsp3) is 0. The number of non-ortho nitro benzene ring substituents is 1. The second kappa shape index (κ2) is 7.13. The number of thioether (sulfide) groups is 1. The lowest BCUT2D eigenvalue weighted by Crippen LogP contribution is -2.44. The number of thiocarbonyl (C=S) groups is 1. The van der Waals surface area contributed by atoms with E-state index in [-0.39, 0.29) is 14.9 Å². The second-order valence-corrected chi connectivity index (χ2v) is 7.41. The molecule has 1 saturated heterocycles. The summed E-state index contributed by atoms with van der Waals surface area (Å²) < 4.78 is 0.187. The molecule has 25 heavy (non-hydrogen) atoms. The molecule has 1 aliphatic rings. The Bertz CT molecular complexity index is 909. The SMILES string of the molecule is O=C(NN1C(=O)C(=Cc2cccc([N+](=O)[O-])c2)SC1=S)c1cccs1. The van der Waals surface area contributed by atoms with E-state index in [1.165, 1.54) is 35.6 Å². The largest absolute Gasteiger partial charge is 0.285 e. The van der Waals surface area contributed by atoms with Crippen molar-refractivity contribution in [2.75, 3.05) is 0 Å². The fourth-order valence-electron chi connectivity index (χ4n) is 2.01. The summed E-state index contributed by atoms with van der Waals surface area (Å²) in [6, 6.07) is 9.26. The minimum Gasteiger partial charge on any atom is -0.266 e. The van der Waals surface area contributed by atoms with Gasteiger partial charge in [-0.25, -0.2) is 0 Å². The number of nitrogens with one attached hydrogen (secondary N) is 1. The van der Waals surface area contributed by atoms with Gasteiger partial charge in [0.15, 0.2) is 4.32 Å². The van der Waals surface area contributed by atoms with Gasteiger partial charge in [-0.2, -0.15) is 5.01 Å². The molecule has 3 rings (SSSR count). The molecule has 0 unspecified atom stereocenters. The zero-order valence-corrected chi connectivity index (χ0v) is 14.8. The Morgan fingerprint density at radius 2 is 2.12 bits per heavy atom. The molecule has 0 bridgehead atoms. The Kier molecular flexibility index (Phi) is 4.93. The van der Waals surface area contributed by atoms with E-state index in [1.54, 1.807) is 23.6 Å². The van der Waals surface area contributed by atoms with Gasteiger partial charge in [-0.15, -0.1) is 11.3 Å². The number of nitro benzene ring substituents is 1. The first-order valence-electron chi connectivity index (χ1n) is 6.82. The highest BCUT2D eigenvalue weighted by Crippen LogP contribution is 2.32. The zero-order chi connectivity index (χ0) is 18.0. The van der Waals surface area contributed by atoms with Crippen LogP contribution in [0.15, 0.2) is 46.7 Å². The summed E-state index contributed by atoms with van der Waals surface area (Å²) in [6.07, 6.45) is 1.50. The summed E-state index contributed by atoms with van der Waals surface area (Å²) >= 11 is 7.40. The summed E-state index contributed by atoms with van der Waals surface area (Å²) in [5, 5.41) is 13.6. The average Bonchev–Trinajstić information content (AvgIpc) is 3.20. The maximum atomic E-state index is 12.4. The minimum atomic E-state index is -0.510. The van der Waals surface area contributed by atoms with Gasteiger partial charge in [0.2, 0.25) is 0 Å². The minimum absolute atomic E-state index is 0.0739. The monoisotopic (exact) mass is 391 g/mol. The number of rotatable bonds is 4. The third-order valence-electron chi connectivity index (χ3n) is 3.13. The third-order valence-corrected chi connectivity index (χ3v) is 5.30. The van der Waals surface area contributed by atoms with Crippen molar-refractivity contribution in [3.05, 3.63) is 67.2 Å². The Labute approximate surface area is 155 Å². The molecule has 1 aromatic carbocycles. The Balaban J connectivity index is 1.80. The lowest BCUT2D eigenvalue weighted by Gasteiger charge is -2.14. The van der Waals surface area contributed by atoms with Crippen LogP contribution in [-0.2, 0) is 4.79 Å². The van der Waals surface area contributed by atoms with Crippen molar-refractivity contribution in [3.8, 4) is 0 Å². The van der Waals surface area contributed by atoms with E-state index in [1.807, 2.05) is 0 Å². The van der Waals surface area contributed by atoms with Crippen molar-refractivity contribution in [1.82, 2.24) is 10.4 Å². The van der Waals surface area contributed by atoms with Crippen molar-refractivity contribution >= 4 is 63.2 Å². The van der Waals surface area contributed by atoms with Gasteiger partial charge in [0.1, 0.15) is 0 Å². The molecule has 1 aromatic heterocycles. The molecule has 1 aliphatic heterocycles. The molecule has 2 amide bonds. The Morgan fingerprint density at radius 1 is 1.32 bits per heavy atom. The van der Waals surface area contributed by atoms with Crippen LogP contribution in [0.25, 0.3) is 6.08 Å². The van der Waals surface area contributed by atoms with Crippen LogP contribution in [0, 0.1) is 10.1 Å². The van der Waals surface area contributed by atoms with Crippen LogP contribution in [0.5, 0.6) is 0 Å². The Morgan fingerprint density at radius 3 is 2.80 bits per heavy atom. The molecule has 0 atom stereocenters. The van der Waals surface area contributed by atoms with Gasteiger partial charge in [0, 0.05) is 12.1 Å². The van der Waals surface area contributed by atoms with Gasteiger partial charge in [0.25, 0.3) is 17.5 Å². The molecule has 0 spiro atoms. The quantitative estimate of drug-likeness (QED) is 0.372. The van der Waals surface area contributed by atoms with Gasteiger partial charge in [-0.3, -0.25) is 25.1 Å². The standard InChI is InChI=1S/C15H9N3O4S3/c19-13(11-5-2-6-24-11)16-17-14(20)12(25-15(17)23)8-9-3-1-4-10(7-9)18(21)22/h1-8H,(H,16,19). The molecular formula is C15H9N3O4S3. The lowest BCUT2D eigenvalue weighted by molar-refractivity contribution is -0.384. The van der Waals surface area contributed by atoms with Crippen molar-refractivity contribution in [2.24, 2.45) is 0 Å². The first-order valence-corrected chi connectivity index (χ1v) is 8.93. The third kappa shape index (κ3) is 3.76. The molecular weight excluding hydrogens is 382 g/mol. The normalized spacial score (nSPS) is 15.7. The number of nitro groups is 1. The van der Waals surface area contributed by atoms with Crippen LogP contribution in [0.1, 0.15) is 15.2 Å². The number of nitrogens with zero attached hydrogens (tertiary/aromatic N) is 2. The van der Waals surface area contributed by atoms with E-state index in [2.05, 4.69) is 5.43 Å². The first-order chi connectivity index (χ1) is 12.0. The van der Waals surface area contributed by atoms with E-state index in [9.17, 15) is 19.7 Å². The number of carbonyl (C=O) groups excluding carboxylic acids is 2. The highest BCUT2D eigenvalue weighted by Gasteiger charge is 2.34. The molecule has 2 heterocycles. The molecule has 1 fully saturated rings. The Hall–Kier alpha value is -2.56. The van der Waals surface area contributed by atoms with Crippen LogP contribution in [0.3, 0.4) is 0 Å². The number of amides is 2. The molecule has 126 valence electrons. The topological polar surface area (TPSA) is 92.6 Å². The maximum Gasteiger partial charge on any atom is 0.285 e. The number of hydrazine groups is 1. The summed E-state index contributed by atoms with van der Waals surface area (Å²) in [6.45, 7) is 0. The number of carbonyl (C=O) groups is 2. The molecule has 2 aromatic rings. The lowest BCUT2D eigenvalue weighted by atomic mass is 10.2. The van der Waals surface area contributed by atoms with Gasteiger partial charge in [-0.05, 0) is 35.3 Å². The van der Waals surface area contributed by atoms with Gasteiger partial charge in [0.05, 0.1) is 14.7 Å². The van der Waals surface area contributed by atoms with Crippen molar-refractivity contribution in [1.29, 1.82) is 0 Å². The van der Waals surface area contributed by atoms with E-state index in [0.717, 1.165) is 16.8 Å². The zero-order valence-electron chi connectivity index (χ0n) is 12.4. The van der Waals surface area contributed by atoms with Crippen molar-refractivity contribution < 1.29 is 14.5 Å². The maximum absolute atomic E-state index is 12.4. The summed E-state index contributed by atoms with van der Waals surface area (Å²) in [7, 11) is 0. The van der Waals surface area contributed by atoms with Gasteiger partial charge < -0.3 is 0 Å². The van der Waals surface area contributed by atoms with Gasteiger partial charge >= 0.3 is 0 Å². The molecule has 7 nitrogen and oxygen atoms in total. The molecule has 10 heteroatoms. The predicted octanol–water partition coefficient (Wildman–Crippen LogP) is 3.20. The van der Waals surface area contributed by atoms with E-state index in [4.69, 9.17) is 12.2 Å². The van der Waals surface area contributed by atoms with Crippen LogP contribution in [-0.4, -0.2) is 26.1 Å². The molecule has 0 saturated carbocycles.